The number of benzene rings is 2. The number of carbonyl (C=O) groups is 1. The summed E-state index contributed by atoms with van der Waals surface area (Å²) in [5.74, 6) is 0.688. The highest BCUT2D eigenvalue weighted by Gasteiger charge is 2.08. The lowest BCUT2D eigenvalue weighted by molar-refractivity contribution is 0.251. The van der Waals surface area contributed by atoms with Gasteiger partial charge in [-0.1, -0.05) is 43.3 Å². The molecule has 5 nitrogen and oxygen atoms in total. The smallest absolute Gasteiger partial charge is 0.319 e. The van der Waals surface area contributed by atoms with Crippen molar-refractivity contribution in [2.24, 2.45) is 0 Å². The third kappa shape index (κ3) is 6.12. The van der Waals surface area contributed by atoms with Gasteiger partial charge in [0.2, 0.25) is 0 Å². The van der Waals surface area contributed by atoms with Gasteiger partial charge < -0.3 is 20.3 Å². The molecule has 0 aromatic heterocycles. The molecule has 25 heavy (non-hydrogen) atoms. The van der Waals surface area contributed by atoms with E-state index in [1.807, 2.05) is 63.5 Å². The van der Waals surface area contributed by atoms with Crippen molar-refractivity contribution in [3.05, 3.63) is 59.7 Å². The Balaban J connectivity index is 1.96. The molecule has 0 saturated heterocycles. The Bertz CT molecular complexity index is 686. The third-order valence-corrected chi connectivity index (χ3v) is 3.64. The van der Waals surface area contributed by atoms with Crippen LogP contribution in [0.25, 0.3) is 0 Å². The molecule has 2 N–H and O–H groups in total. The van der Waals surface area contributed by atoms with E-state index in [1.54, 1.807) is 0 Å². The van der Waals surface area contributed by atoms with E-state index in [4.69, 9.17) is 4.74 Å². The first-order valence-electron chi connectivity index (χ1n) is 8.58. The summed E-state index contributed by atoms with van der Waals surface area (Å²) in [7, 11) is 4.06. The number of hydrogen-bond acceptors (Lipinski definition) is 3. The minimum atomic E-state index is -0.243. The first-order valence-corrected chi connectivity index (χ1v) is 8.58. The molecule has 0 saturated carbocycles. The van der Waals surface area contributed by atoms with Crippen LogP contribution < -0.4 is 15.4 Å². The fraction of sp³-hybridized carbons (Fsp3) is 0.350. The first-order chi connectivity index (χ1) is 12.1. The van der Waals surface area contributed by atoms with Crippen LogP contribution in [-0.2, 0) is 13.1 Å². The van der Waals surface area contributed by atoms with E-state index in [0.717, 1.165) is 18.5 Å². The molecule has 0 heterocycles. The van der Waals surface area contributed by atoms with E-state index in [-0.39, 0.29) is 6.03 Å². The highest BCUT2D eigenvalue weighted by molar-refractivity contribution is 5.90. The maximum absolute atomic E-state index is 12.3. The van der Waals surface area contributed by atoms with Crippen LogP contribution in [-0.4, -0.2) is 31.6 Å². The van der Waals surface area contributed by atoms with Crippen molar-refractivity contribution in [3.63, 3.8) is 0 Å². The van der Waals surface area contributed by atoms with Crippen LogP contribution in [0.1, 0.15) is 24.5 Å². The van der Waals surface area contributed by atoms with Gasteiger partial charge >= 0.3 is 6.03 Å². The Kier molecular flexibility index (Phi) is 7.29. The second-order valence-electron chi connectivity index (χ2n) is 6.16. The van der Waals surface area contributed by atoms with Gasteiger partial charge in [-0.2, -0.15) is 0 Å². The molecule has 2 amide bonds. The standard InChI is InChI=1S/C20H27N3O2/c1-4-13-25-19-12-8-7-11-18(19)22-20(24)21-14-16-9-5-6-10-17(16)15-23(2)3/h5-12H,4,13-15H2,1-3H3,(H2,21,22,24). The molecule has 0 aliphatic carbocycles. The summed E-state index contributed by atoms with van der Waals surface area (Å²) < 4.78 is 5.66. The number of nitrogens with one attached hydrogen (secondary N) is 2. The number of para-hydroxylation sites is 2. The zero-order valence-electron chi connectivity index (χ0n) is 15.2. The van der Waals surface area contributed by atoms with Crippen LogP contribution in [0.4, 0.5) is 10.5 Å². The number of ether oxygens (including phenoxy) is 1. The summed E-state index contributed by atoms with van der Waals surface area (Å²) in [4.78, 5) is 14.4. The Morgan fingerprint density at radius 2 is 1.72 bits per heavy atom. The Morgan fingerprint density at radius 3 is 2.44 bits per heavy atom. The number of hydrogen-bond donors (Lipinski definition) is 2. The molecular formula is C20H27N3O2. The lowest BCUT2D eigenvalue weighted by Crippen LogP contribution is -2.29. The van der Waals surface area contributed by atoms with Crippen LogP contribution in [0.15, 0.2) is 48.5 Å². The predicted molar refractivity (Wildman–Crippen MR) is 102 cm³/mol. The largest absolute Gasteiger partial charge is 0.491 e. The van der Waals surface area contributed by atoms with Gasteiger partial charge in [-0.05, 0) is 43.8 Å². The summed E-state index contributed by atoms with van der Waals surface area (Å²) in [6, 6.07) is 15.4. The number of nitrogens with zero attached hydrogens (tertiary/aromatic N) is 1. The van der Waals surface area contributed by atoms with Crippen molar-refractivity contribution in [3.8, 4) is 5.75 Å². The molecule has 2 rings (SSSR count). The van der Waals surface area contributed by atoms with Crippen molar-refractivity contribution >= 4 is 11.7 Å². The van der Waals surface area contributed by atoms with Gasteiger partial charge in [-0.3, -0.25) is 0 Å². The van der Waals surface area contributed by atoms with E-state index in [0.29, 0.717) is 24.6 Å². The Labute approximate surface area is 150 Å². The second-order valence-corrected chi connectivity index (χ2v) is 6.16. The summed E-state index contributed by atoms with van der Waals surface area (Å²) in [6.07, 6.45) is 0.920. The van der Waals surface area contributed by atoms with E-state index in [2.05, 4.69) is 21.6 Å². The summed E-state index contributed by atoms with van der Waals surface area (Å²) in [5.41, 5.74) is 3.00. The number of urea groups is 1. The molecule has 0 unspecified atom stereocenters. The van der Waals surface area contributed by atoms with Gasteiger partial charge in [0.1, 0.15) is 5.75 Å². The van der Waals surface area contributed by atoms with Gasteiger partial charge in [0.05, 0.1) is 12.3 Å². The van der Waals surface area contributed by atoms with Gasteiger partial charge in [-0.15, -0.1) is 0 Å². The average molecular weight is 341 g/mol. The van der Waals surface area contributed by atoms with Gasteiger partial charge in [0.25, 0.3) is 0 Å². The van der Waals surface area contributed by atoms with Crippen molar-refractivity contribution in [2.75, 3.05) is 26.0 Å². The minimum Gasteiger partial charge on any atom is -0.491 e. The van der Waals surface area contributed by atoms with E-state index in [9.17, 15) is 4.79 Å². The average Bonchev–Trinajstić information content (AvgIpc) is 2.60. The molecule has 5 heteroatoms. The van der Waals surface area contributed by atoms with Gasteiger partial charge in [0.15, 0.2) is 0 Å². The fourth-order valence-electron chi connectivity index (χ4n) is 2.47. The molecule has 134 valence electrons. The number of amides is 2. The summed E-state index contributed by atoms with van der Waals surface area (Å²) in [6.45, 7) is 3.99. The summed E-state index contributed by atoms with van der Waals surface area (Å²) in [5, 5.41) is 5.78. The number of rotatable bonds is 8. The molecule has 0 spiro atoms. The fourth-order valence-corrected chi connectivity index (χ4v) is 2.47. The van der Waals surface area contributed by atoms with Crippen molar-refractivity contribution in [1.82, 2.24) is 10.2 Å². The van der Waals surface area contributed by atoms with Crippen LogP contribution >= 0.6 is 0 Å². The molecule has 0 bridgehead atoms. The van der Waals surface area contributed by atoms with Crippen LogP contribution in [0.5, 0.6) is 5.75 Å². The quantitative estimate of drug-likeness (QED) is 0.766. The van der Waals surface area contributed by atoms with E-state index < -0.39 is 0 Å². The topological polar surface area (TPSA) is 53.6 Å². The Hall–Kier alpha value is -2.53. The van der Waals surface area contributed by atoms with Crippen molar-refractivity contribution < 1.29 is 9.53 Å². The third-order valence-electron chi connectivity index (χ3n) is 3.64. The van der Waals surface area contributed by atoms with E-state index >= 15 is 0 Å². The minimum absolute atomic E-state index is 0.243. The lowest BCUT2D eigenvalue weighted by atomic mass is 10.1. The van der Waals surface area contributed by atoms with Gasteiger partial charge in [-0.25, -0.2) is 4.79 Å². The normalized spacial score (nSPS) is 10.6. The van der Waals surface area contributed by atoms with Crippen LogP contribution in [0.3, 0.4) is 0 Å². The molecule has 2 aromatic carbocycles. The molecule has 0 fully saturated rings. The molecule has 2 aromatic rings. The SMILES string of the molecule is CCCOc1ccccc1NC(=O)NCc1ccccc1CN(C)C. The molecular weight excluding hydrogens is 314 g/mol. The number of carbonyl (C=O) groups excluding carboxylic acids is 1. The highest BCUT2D eigenvalue weighted by Crippen LogP contribution is 2.23. The zero-order chi connectivity index (χ0) is 18.1. The van der Waals surface area contributed by atoms with Crippen LogP contribution in [0.2, 0.25) is 0 Å². The van der Waals surface area contributed by atoms with Crippen molar-refractivity contribution in [2.45, 2.75) is 26.4 Å². The predicted octanol–water partition coefficient (Wildman–Crippen LogP) is 3.86. The lowest BCUT2D eigenvalue weighted by Gasteiger charge is -2.15. The molecule has 0 aliphatic rings. The van der Waals surface area contributed by atoms with E-state index in [1.165, 1.54) is 5.56 Å². The zero-order valence-corrected chi connectivity index (χ0v) is 15.2. The maximum Gasteiger partial charge on any atom is 0.319 e. The maximum atomic E-state index is 12.3. The monoisotopic (exact) mass is 341 g/mol. The highest BCUT2D eigenvalue weighted by atomic mass is 16.5. The van der Waals surface area contributed by atoms with Crippen LogP contribution in [0, 0.1) is 0 Å². The first kappa shape index (κ1) is 18.8. The van der Waals surface area contributed by atoms with Crippen molar-refractivity contribution in [1.29, 1.82) is 0 Å². The molecule has 0 radical (unpaired) electrons. The number of anilines is 1. The molecule has 0 atom stereocenters. The molecule has 0 aliphatic heterocycles. The van der Waals surface area contributed by atoms with Gasteiger partial charge in [0, 0.05) is 13.1 Å². The summed E-state index contributed by atoms with van der Waals surface area (Å²) >= 11 is 0. The Morgan fingerprint density at radius 1 is 1.04 bits per heavy atom. The second kappa shape index (κ2) is 9.69.